The zero-order valence-electron chi connectivity index (χ0n) is 11.9. The van der Waals surface area contributed by atoms with Crippen LogP contribution in [-0.2, 0) is 10.0 Å². The molecular formula is C14H16N2O4S. The number of aromatic amines is 1. The Morgan fingerprint density at radius 2 is 1.90 bits per heavy atom. The zero-order valence-corrected chi connectivity index (χ0v) is 12.7. The van der Waals surface area contributed by atoms with Crippen LogP contribution in [0, 0.1) is 20.8 Å². The van der Waals surface area contributed by atoms with E-state index in [0.29, 0.717) is 11.3 Å². The lowest BCUT2D eigenvalue weighted by Gasteiger charge is -2.11. The Morgan fingerprint density at radius 3 is 2.52 bits per heavy atom. The van der Waals surface area contributed by atoms with Crippen LogP contribution in [0.1, 0.15) is 27.2 Å². The summed E-state index contributed by atoms with van der Waals surface area (Å²) in [6, 6.07) is 5.08. The van der Waals surface area contributed by atoms with Crippen molar-refractivity contribution in [2.24, 2.45) is 0 Å². The second-order valence-corrected chi connectivity index (χ2v) is 6.53. The number of H-pyrrole nitrogens is 1. The molecule has 0 aliphatic carbocycles. The molecule has 0 fully saturated rings. The molecule has 0 saturated heterocycles. The van der Waals surface area contributed by atoms with Crippen LogP contribution in [0.4, 0.5) is 5.69 Å². The maximum atomic E-state index is 12.4. The molecule has 0 saturated carbocycles. The van der Waals surface area contributed by atoms with Gasteiger partial charge >= 0.3 is 5.97 Å². The van der Waals surface area contributed by atoms with Crippen molar-refractivity contribution >= 4 is 21.7 Å². The minimum absolute atomic E-state index is 0.0286. The quantitative estimate of drug-likeness (QED) is 0.807. The van der Waals surface area contributed by atoms with Crippen molar-refractivity contribution < 1.29 is 18.3 Å². The average Bonchev–Trinajstić information content (AvgIpc) is 2.72. The number of anilines is 1. The Bertz CT molecular complexity index is 806. The Kier molecular flexibility index (Phi) is 3.78. The zero-order chi connectivity index (χ0) is 15.8. The van der Waals surface area contributed by atoms with Crippen molar-refractivity contribution in [1.82, 2.24) is 4.98 Å². The van der Waals surface area contributed by atoms with Gasteiger partial charge in [-0.1, -0.05) is 12.1 Å². The standard InChI is InChI=1S/C14H16N2O4S/c1-8-4-5-9(2)12(6-8)21(19,20)16-11-7-15-10(3)13(11)14(17)18/h4-7,15-16H,1-3H3,(H,17,18). The third-order valence-corrected chi connectivity index (χ3v) is 4.68. The van der Waals surface area contributed by atoms with Gasteiger partial charge in [0.1, 0.15) is 5.56 Å². The summed E-state index contributed by atoms with van der Waals surface area (Å²) in [5.41, 5.74) is 1.74. The van der Waals surface area contributed by atoms with Crippen LogP contribution in [-0.4, -0.2) is 24.5 Å². The highest BCUT2D eigenvalue weighted by atomic mass is 32.2. The Labute approximate surface area is 122 Å². The smallest absolute Gasteiger partial charge is 0.339 e. The molecule has 0 aliphatic rings. The maximum absolute atomic E-state index is 12.4. The molecule has 2 aromatic rings. The van der Waals surface area contributed by atoms with E-state index >= 15 is 0 Å². The Balaban J connectivity index is 2.48. The normalized spacial score (nSPS) is 11.4. The van der Waals surface area contributed by atoms with Crippen LogP contribution in [0.15, 0.2) is 29.3 Å². The van der Waals surface area contributed by atoms with Crippen LogP contribution in [0.3, 0.4) is 0 Å². The number of aryl methyl sites for hydroxylation is 3. The molecule has 21 heavy (non-hydrogen) atoms. The van der Waals surface area contributed by atoms with Crippen molar-refractivity contribution in [2.75, 3.05) is 4.72 Å². The molecule has 1 aromatic carbocycles. The molecule has 1 aromatic heterocycles. The summed E-state index contributed by atoms with van der Waals surface area (Å²) in [6.07, 6.45) is 1.33. The topological polar surface area (TPSA) is 99.3 Å². The van der Waals surface area contributed by atoms with Crippen LogP contribution in [0.5, 0.6) is 0 Å². The number of aromatic nitrogens is 1. The fraction of sp³-hybridized carbons (Fsp3) is 0.214. The van der Waals surface area contributed by atoms with Crippen LogP contribution in [0.25, 0.3) is 0 Å². The number of carboxylic acid groups (broad SMARTS) is 1. The number of rotatable bonds is 4. The van der Waals surface area contributed by atoms with Crippen LogP contribution in [0.2, 0.25) is 0 Å². The highest BCUT2D eigenvalue weighted by Gasteiger charge is 2.22. The highest BCUT2D eigenvalue weighted by Crippen LogP contribution is 2.24. The number of nitrogens with one attached hydrogen (secondary N) is 2. The van der Waals surface area contributed by atoms with Gasteiger partial charge in [-0.2, -0.15) is 0 Å². The van der Waals surface area contributed by atoms with E-state index in [1.54, 1.807) is 32.9 Å². The van der Waals surface area contributed by atoms with Gasteiger partial charge in [-0.15, -0.1) is 0 Å². The van der Waals surface area contributed by atoms with Gasteiger partial charge in [0.2, 0.25) is 0 Å². The van der Waals surface area contributed by atoms with Crippen molar-refractivity contribution in [1.29, 1.82) is 0 Å². The van der Waals surface area contributed by atoms with E-state index < -0.39 is 16.0 Å². The molecule has 3 N–H and O–H groups in total. The lowest BCUT2D eigenvalue weighted by atomic mass is 10.2. The molecule has 0 radical (unpaired) electrons. The number of hydrogen-bond acceptors (Lipinski definition) is 3. The second-order valence-electron chi connectivity index (χ2n) is 4.88. The number of hydrogen-bond donors (Lipinski definition) is 3. The van der Waals surface area contributed by atoms with E-state index in [0.717, 1.165) is 5.56 Å². The first-order chi connectivity index (χ1) is 9.72. The lowest BCUT2D eigenvalue weighted by molar-refractivity contribution is 0.0697. The van der Waals surface area contributed by atoms with Crippen LogP contribution < -0.4 is 4.72 Å². The van der Waals surface area contributed by atoms with Gasteiger partial charge in [0, 0.05) is 11.9 Å². The van der Waals surface area contributed by atoms with Gasteiger partial charge < -0.3 is 10.1 Å². The third-order valence-electron chi connectivity index (χ3n) is 3.17. The van der Waals surface area contributed by atoms with E-state index in [-0.39, 0.29) is 16.1 Å². The largest absolute Gasteiger partial charge is 0.478 e. The van der Waals surface area contributed by atoms with Crippen molar-refractivity contribution in [2.45, 2.75) is 25.7 Å². The van der Waals surface area contributed by atoms with E-state index in [4.69, 9.17) is 5.11 Å². The molecule has 0 atom stereocenters. The minimum Gasteiger partial charge on any atom is -0.478 e. The molecule has 1 heterocycles. The summed E-state index contributed by atoms with van der Waals surface area (Å²) >= 11 is 0. The SMILES string of the molecule is Cc1ccc(C)c(S(=O)(=O)Nc2c[nH]c(C)c2C(=O)O)c1. The van der Waals surface area contributed by atoms with Crippen LogP contribution >= 0.6 is 0 Å². The number of benzene rings is 1. The predicted molar refractivity (Wildman–Crippen MR) is 79.2 cm³/mol. The Hall–Kier alpha value is -2.28. The fourth-order valence-corrected chi connectivity index (χ4v) is 3.47. The molecule has 7 heteroatoms. The van der Waals surface area contributed by atoms with E-state index in [1.165, 1.54) is 6.20 Å². The number of carboxylic acids is 1. The monoisotopic (exact) mass is 308 g/mol. The van der Waals surface area contributed by atoms with Gasteiger partial charge in [-0.25, -0.2) is 13.2 Å². The van der Waals surface area contributed by atoms with E-state index in [2.05, 4.69) is 9.71 Å². The molecule has 0 unspecified atom stereocenters. The first kappa shape index (κ1) is 15.1. The Morgan fingerprint density at radius 1 is 1.24 bits per heavy atom. The predicted octanol–water partition coefficient (Wildman–Crippen LogP) is 2.44. The van der Waals surface area contributed by atoms with E-state index in [9.17, 15) is 13.2 Å². The molecule has 0 spiro atoms. The highest BCUT2D eigenvalue weighted by molar-refractivity contribution is 7.92. The maximum Gasteiger partial charge on any atom is 0.339 e. The van der Waals surface area contributed by atoms with E-state index in [1.807, 2.05) is 6.07 Å². The fourth-order valence-electron chi connectivity index (χ4n) is 2.08. The molecule has 2 rings (SSSR count). The van der Waals surface area contributed by atoms with Crippen molar-refractivity contribution in [3.63, 3.8) is 0 Å². The molecular weight excluding hydrogens is 292 g/mol. The first-order valence-electron chi connectivity index (χ1n) is 6.23. The first-order valence-corrected chi connectivity index (χ1v) is 7.72. The molecule has 0 amide bonds. The number of sulfonamides is 1. The average molecular weight is 308 g/mol. The number of carbonyl (C=O) groups is 1. The molecule has 6 nitrogen and oxygen atoms in total. The van der Waals surface area contributed by atoms with Gasteiger partial charge in [-0.05, 0) is 38.0 Å². The van der Waals surface area contributed by atoms with Gasteiger partial charge in [-0.3, -0.25) is 4.72 Å². The van der Waals surface area contributed by atoms with Gasteiger partial charge in [0.15, 0.2) is 0 Å². The van der Waals surface area contributed by atoms with Crippen molar-refractivity contribution in [3.8, 4) is 0 Å². The summed E-state index contributed by atoms with van der Waals surface area (Å²) in [5, 5.41) is 9.15. The third kappa shape index (κ3) is 2.92. The molecule has 0 bridgehead atoms. The second kappa shape index (κ2) is 5.25. The summed E-state index contributed by atoms with van der Waals surface area (Å²) in [7, 11) is -3.84. The summed E-state index contributed by atoms with van der Waals surface area (Å²) in [6.45, 7) is 5.05. The lowest BCUT2D eigenvalue weighted by Crippen LogP contribution is -2.16. The summed E-state index contributed by atoms with van der Waals surface area (Å²) in [5.74, 6) is -1.19. The summed E-state index contributed by atoms with van der Waals surface area (Å²) < 4.78 is 27.2. The minimum atomic E-state index is -3.84. The van der Waals surface area contributed by atoms with Gasteiger partial charge in [0.25, 0.3) is 10.0 Å². The molecule has 0 aliphatic heterocycles. The molecule has 112 valence electrons. The number of aromatic carboxylic acids is 1. The summed E-state index contributed by atoms with van der Waals surface area (Å²) in [4.78, 5) is 14.0. The van der Waals surface area contributed by atoms with Crippen molar-refractivity contribution in [3.05, 3.63) is 46.8 Å². The van der Waals surface area contributed by atoms with Gasteiger partial charge in [0.05, 0.1) is 10.6 Å².